The third-order valence-electron chi connectivity index (χ3n) is 4.98. The Morgan fingerprint density at radius 3 is 2.46 bits per heavy atom. The Kier molecular flexibility index (Phi) is 7.12. The summed E-state index contributed by atoms with van der Waals surface area (Å²) >= 11 is 2.71. The van der Waals surface area contributed by atoms with Gasteiger partial charge in [-0.1, -0.05) is 23.5 Å². The van der Waals surface area contributed by atoms with Crippen molar-refractivity contribution in [1.82, 2.24) is 9.97 Å². The van der Waals surface area contributed by atoms with E-state index in [-0.39, 0.29) is 5.69 Å². The molecule has 8 nitrogen and oxygen atoms in total. The molecule has 0 fully saturated rings. The molecule has 12 heteroatoms. The van der Waals surface area contributed by atoms with Gasteiger partial charge in [-0.15, -0.1) is 11.3 Å². The first-order valence-electron chi connectivity index (χ1n) is 10.2. The predicted octanol–water partition coefficient (Wildman–Crippen LogP) is 5.79. The van der Waals surface area contributed by atoms with Gasteiger partial charge in [0.05, 0.1) is 19.9 Å². The Morgan fingerprint density at radius 2 is 1.80 bits per heavy atom. The van der Waals surface area contributed by atoms with Crippen LogP contribution < -0.4 is 25.8 Å². The number of hydrogen-bond acceptors (Lipinski definition) is 9. The lowest BCUT2D eigenvalue weighted by Gasteiger charge is -2.12. The fourth-order valence-corrected chi connectivity index (χ4v) is 5.12. The third kappa shape index (κ3) is 5.33. The van der Waals surface area contributed by atoms with Crippen LogP contribution in [-0.2, 0) is 4.79 Å². The molecule has 1 amide bonds. The Labute approximate surface area is 207 Å². The number of nitrogens with two attached hydrogens (primary N) is 1. The van der Waals surface area contributed by atoms with Gasteiger partial charge in [0, 0.05) is 40.0 Å². The van der Waals surface area contributed by atoms with Crippen molar-refractivity contribution in [2.45, 2.75) is 13.3 Å². The van der Waals surface area contributed by atoms with Crippen molar-refractivity contribution in [3.63, 3.8) is 0 Å². The molecule has 0 unspecified atom stereocenters. The summed E-state index contributed by atoms with van der Waals surface area (Å²) in [6.07, 6.45) is -3.09. The number of alkyl halides is 2. The highest BCUT2D eigenvalue weighted by Crippen LogP contribution is 2.40. The number of nitrogens with one attached hydrogen (secondary N) is 2. The fraction of sp³-hybridized carbons (Fsp3) is 0.174. The molecule has 0 aliphatic heterocycles. The van der Waals surface area contributed by atoms with E-state index in [4.69, 9.17) is 15.2 Å². The average molecular weight is 518 g/mol. The van der Waals surface area contributed by atoms with Crippen molar-refractivity contribution < 1.29 is 23.0 Å². The van der Waals surface area contributed by atoms with Crippen LogP contribution in [0.5, 0.6) is 11.5 Å². The van der Waals surface area contributed by atoms with Crippen LogP contribution in [0.4, 0.5) is 31.1 Å². The molecule has 0 saturated heterocycles. The average Bonchev–Trinajstić information content (AvgIpc) is 3.46. The zero-order valence-corrected chi connectivity index (χ0v) is 20.5. The molecule has 2 aromatic carbocycles. The van der Waals surface area contributed by atoms with Crippen molar-refractivity contribution >= 4 is 50.9 Å². The minimum absolute atomic E-state index is 0.259. The van der Waals surface area contributed by atoms with Crippen molar-refractivity contribution in [2.75, 3.05) is 30.6 Å². The highest BCUT2D eigenvalue weighted by Gasteiger charge is 2.18. The first-order valence-corrected chi connectivity index (χ1v) is 11.9. The van der Waals surface area contributed by atoms with Gasteiger partial charge in [0.2, 0.25) is 0 Å². The van der Waals surface area contributed by atoms with Crippen LogP contribution in [0.2, 0.25) is 0 Å². The van der Waals surface area contributed by atoms with Gasteiger partial charge in [-0.05, 0) is 19.1 Å². The second kappa shape index (κ2) is 10.2. The lowest BCUT2D eigenvalue weighted by Crippen LogP contribution is -2.19. The summed E-state index contributed by atoms with van der Waals surface area (Å²) in [6, 6.07) is 10.2. The molecule has 0 spiro atoms. The van der Waals surface area contributed by atoms with Crippen molar-refractivity contribution in [2.24, 2.45) is 0 Å². The van der Waals surface area contributed by atoms with Crippen LogP contribution >= 0.6 is 22.7 Å². The molecule has 0 aliphatic carbocycles. The molecule has 2 heterocycles. The number of nitrogen functional groups attached to an aromatic ring is 1. The van der Waals surface area contributed by atoms with Crippen molar-refractivity contribution in [3.05, 3.63) is 47.3 Å². The molecule has 0 atom stereocenters. The van der Waals surface area contributed by atoms with Gasteiger partial charge in [0.1, 0.15) is 27.2 Å². The summed E-state index contributed by atoms with van der Waals surface area (Å²) < 4.78 is 35.9. The normalized spacial score (nSPS) is 10.9. The molecular formula is C23H21F2N5O3S2. The van der Waals surface area contributed by atoms with E-state index in [2.05, 4.69) is 20.6 Å². The molecule has 4 N–H and O–H groups in total. The van der Waals surface area contributed by atoms with E-state index in [0.29, 0.717) is 43.6 Å². The Bertz CT molecular complexity index is 1350. The van der Waals surface area contributed by atoms with Crippen molar-refractivity contribution in [1.29, 1.82) is 0 Å². The number of nitrogens with zero attached hydrogens (tertiary/aromatic N) is 2. The zero-order chi connectivity index (χ0) is 25.1. The minimum Gasteiger partial charge on any atom is -0.496 e. The Morgan fingerprint density at radius 1 is 1.09 bits per heavy atom. The first kappa shape index (κ1) is 24.4. The van der Waals surface area contributed by atoms with Crippen LogP contribution in [0.15, 0.2) is 41.8 Å². The number of methoxy groups -OCH3 is 2. The smallest absolute Gasteiger partial charge is 0.315 e. The summed E-state index contributed by atoms with van der Waals surface area (Å²) in [7, 11) is 3.18. The first-order chi connectivity index (χ1) is 16.8. The number of ether oxygens (including phenoxy) is 2. The maximum absolute atomic E-state index is 12.5. The number of rotatable bonds is 8. The van der Waals surface area contributed by atoms with Crippen LogP contribution in [0.25, 0.3) is 21.1 Å². The number of aromatic nitrogens is 2. The maximum Gasteiger partial charge on any atom is 0.315 e. The number of thiazole rings is 2. The number of halogens is 2. The van der Waals surface area contributed by atoms with E-state index < -0.39 is 12.3 Å². The van der Waals surface area contributed by atoms with E-state index >= 15 is 0 Å². The molecule has 0 radical (unpaired) electrons. The largest absolute Gasteiger partial charge is 0.496 e. The van der Waals surface area contributed by atoms with Crippen LogP contribution in [-0.4, -0.2) is 36.5 Å². The fourth-order valence-electron chi connectivity index (χ4n) is 3.28. The van der Waals surface area contributed by atoms with Gasteiger partial charge in [0.25, 0.3) is 5.91 Å². The highest BCUT2D eigenvalue weighted by atomic mass is 32.1. The summed E-state index contributed by atoms with van der Waals surface area (Å²) in [5.74, 6) is 0.311. The van der Waals surface area contributed by atoms with E-state index in [9.17, 15) is 13.6 Å². The van der Waals surface area contributed by atoms with Crippen LogP contribution in [0.1, 0.15) is 5.56 Å². The zero-order valence-electron chi connectivity index (χ0n) is 18.9. The van der Waals surface area contributed by atoms with Gasteiger partial charge in [-0.3, -0.25) is 4.79 Å². The molecule has 182 valence electrons. The third-order valence-corrected chi connectivity index (χ3v) is 6.96. The summed E-state index contributed by atoms with van der Waals surface area (Å²) in [4.78, 5) is 21.0. The van der Waals surface area contributed by atoms with Crippen LogP contribution in [0, 0.1) is 6.92 Å². The molecule has 35 heavy (non-hydrogen) atoms. The monoisotopic (exact) mass is 517 g/mol. The van der Waals surface area contributed by atoms with Gasteiger partial charge in [0.15, 0.2) is 5.13 Å². The highest BCUT2D eigenvalue weighted by molar-refractivity contribution is 7.23. The van der Waals surface area contributed by atoms with Crippen molar-refractivity contribution in [3.8, 4) is 32.6 Å². The lowest BCUT2D eigenvalue weighted by atomic mass is 10.1. The number of benzene rings is 2. The van der Waals surface area contributed by atoms with E-state index in [1.54, 1.807) is 32.4 Å². The lowest BCUT2D eigenvalue weighted by molar-refractivity contribution is -0.126. The maximum atomic E-state index is 12.5. The number of anilines is 4. The van der Waals surface area contributed by atoms with Gasteiger partial charge in [-0.2, -0.15) is 8.78 Å². The quantitative estimate of drug-likeness (QED) is 0.271. The van der Waals surface area contributed by atoms with Gasteiger partial charge >= 0.3 is 6.43 Å². The van der Waals surface area contributed by atoms with Gasteiger partial charge < -0.3 is 25.8 Å². The second-order valence-corrected chi connectivity index (χ2v) is 9.13. The number of carbonyl (C=O) groups excluding carboxylic acids is 1. The summed E-state index contributed by atoms with van der Waals surface area (Å²) in [6.45, 7) is 1.91. The van der Waals surface area contributed by atoms with E-state index in [0.717, 1.165) is 11.3 Å². The second-order valence-electron chi connectivity index (χ2n) is 7.27. The Balaban J connectivity index is 1.57. The van der Waals surface area contributed by atoms with E-state index in [1.807, 2.05) is 24.4 Å². The molecule has 2 aromatic heterocycles. The van der Waals surface area contributed by atoms with Crippen LogP contribution in [0.3, 0.4) is 0 Å². The molecule has 0 aliphatic rings. The predicted molar refractivity (Wildman–Crippen MR) is 135 cm³/mol. The van der Waals surface area contributed by atoms with Gasteiger partial charge in [-0.25, -0.2) is 9.97 Å². The molecule has 4 aromatic rings. The number of carbonyl (C=O) groups is 1. The molecular weight excluding hydrogens is 496 g/mol. The molecule has 4 rings (SSSR count). The number of amides is 1. The standard InChI is InChI=1S/C23H21F2N5O3S2/c1-11-16(32-2)8-14(9-17(11)33-3)28-23-30-20(26)18(35-23)22-29-15(10-34-22)12-5-4-6-13(7-12)27-21(31)19(24)25/h4-10,19H,26H2,1-3H3,(H,27,31)(H,28,30). The van der Waals surface area contributed by atoms with E-state index in [1.165, 1.54) is 28.7 Å². The summed E-state index contributed by atoms with van der Waals surface area (Å²) in [5, 5.41) is 8.46. The Hall–Kier alpha value is -3.77. The minimum atomic E-state index is -3.09. The molecule has 0 bridgehead atoms. The molecule has 0 saturated carbocycles. The SMILES string of the molecule is COc1cc(Nc2nc(N)c(-c3nc(-c4cccc(NC(=O)C(F)F)c4)cs3)s2)cc(OC)c1C. The topological polar surface area (TPSA) is 111 Å². The summed E-state index contributed by atoms with van der Waals surface area (Å²) in [5.41, 5.74) is 9.33. The number of hydrogen-bond donors (Lipinski definition) is 3.